The zero-order valence-electron chi connectivity index (χ0n) is 12.8. The van der Waals surface area contributed by atoms with Crippen LogP contribution in [0.4, 0.5) is 4.39 Å². The Balaban J connectivity index is 1.61. The van der Waals surface area contributed by atoms with Gasteiger partial charge in [-0.25, -0.2) is 9.37 Å². The summed E-state index contributed by atoms with van der Waals surface area (Å²) in [4.78, 5) is 16.7. The lowest BCUT2D eigenvalue weighted by Crippen LogP contribution is -2.36. The SMILES string of the molecule is NCCCc1nc(CC(=O)NC2(c3ccccc3F)CC2)cs1. The molecule has 0 unspecified atom stereocenters. The smallest absolute Gasteiger partial charge is 0.226 e. The molecule has 1 aliphatic rings. The number of carbonyl (C=O) groups excluding carboxylic acids is 1. The number of nitrogens with zero attached hydrogens (tertiary/aromatic N) is 1. The molecule has 1 fully saturated rings. The number of halogens is 1. The third-order valence-electron chi connectivity index (χ3n) is 4.05. The standard InChI is InChI=1S/C17H20FN3OS/c18-14-5-2-1-4-13(14)17(7-8-17)21-15(22)10-12-11-23-16(20-12)6-3-9-19/h1-2,4-5,11H,3,6-10,19H2,(H,21,22). The van der Waals surface area contributed by atoms with Gasteiger partial charge in [-0.05, 0) is 31.9 Å². The summed E-state index contributed by atoms with van der Waals surface area (Å²) in [5, 5.41) is 5.91. The molecule has 0 saturated heterocycles. The molecule has 1 aromatic heterocycles. The molecule has 1 saturated carbocycles. The van der Waals surface area contributed by atoms with E-state index in [-0.39, 0.29) is 18.1 Å². The van der Waals surface area contributed by atoms with Crippen molar-refractivity contribution in [3.63, 3.8) is 0 Å². The van der Waals surface area contributed by atoms with E-state index in [4.69, 9.17) is 5.73 Å². The lowest BCUT2D eigenvalue weighted by Gasteiger charge is -2.18. The second-order valence-electron chi connectivity index (χ2n) is 5.91. The lowest BCUT2D eigenvalue weighted by molar-refractivity contribution is -0.121. The Kier molecular flexibility index (Phi) is 4.73. The number of hydrogen-bond acceptors (Lipinski definition) is 4. The molecule has 3 N–H and O–H groups in total. The van der Waals surface area contributed by atoms with E-state index in [1.54, 1.807) is 29.5 Å². The van der Waals surface area contributed by atoms with E-state index in [9.17, 15) is 9.18 Å². The summed E-state index contributed by atoms with van der Waals surface area (Å²) in [6, 6.07) is 6.64. The number of amides is 1. The third-order valence-corrected chi connectivity index (χ3v) is 5.01. The first-order valence-corrected chi connectivity index (χ1v) is 8.70. The highest BCUT2D eigenvalue weighted by atomic mass is 32.1. The monoisotopic (exact) mass is 333 g/mol. The van der Waals surface area contributed by atoms with E-state index >= 15 is 0 Å². The van der Waals surface area contributed by atoms with Crippen LogP contribution in [0.3, 0.4) is 0 Å². The van der Waals surface area contributed by atoms with Crippen LogP contribution in [0.5, 0.6) is 0 Å². The number of carbonyl (C=O) groups is 1. The molecular formula is C17H20FN3OS. The fraction of sp³-hybridized carbons (Fsp3) is 0.412. The fourth-order valence-corrected chi connectivity index (χ4v) is 3.55. The molecule has 23 heavy (non-hydrogen) atoms. The molecule has 2 aromatic rings. The van der Waals surface area contributed by atoms with Crippen LogP contribution >= 0.6 is 11.3 Å². The number of hydrogen-bond donors (Lipinski definition) is 2. The lowest BCUT2D eigenvalue weighted by atomic mass is 10.0. The van der Waals surface area contributed by atoms with Gasteiger partial charge in [0.2, 0.25) is 5.91 Å². The summed E-state index contributed by atoms with van der Waals surface area (Å²) in [7, 11) is 0. The van der Waals surface area contributed by atoms with Gasteiger partial charge >= 0.3 is 0 Å². The number of benzene rings is 1. The van der Waals surface area contributed by atoms with Gasteiger partial charge in [0.15, 0.2) is 0 Å². The van der Waals surface area contributed by atoms with Crippen molar-refractivity contribution >= 4 is 17.2 Å². The minimum atomic E-state index is -0.527. The summed E-state index contributed by atoms with van der Waals surface area (Å²) in [5.41, 5.74) is 6.31. The number of aryl methyl sites for hydroxylation is 1. The molecule has 1 amide bonds. The molecule has 1 heterocycles. The van der Waals surface area contributed by atoms with Gasteiger partial charge in [0.05, 0.1) is 22.7 Å². The van der Waals surface area contributed by atoms with E-state index in [2.05, 4.69) is 10.3 Å². The number of thiazole rings is 1. The van der Waals surface area contributed by atoms with Crippen LogP contribution in [-0.2, 0) is 23.2 Å². The molecule has 1 aromatic carbocycles. The predicted molar refractivity (Wildman–Crippen MR) is 88.6 cm³/mol. The number of aromatic nitrogens is 1. The molecule has 4 nitrogen and oxygen atoms in total. The quantitative estimate of drug-likeness (QED) is 0.818. The number of nitrogens with one attached hydrogen (secondary N) is 1. The molecule has 0 atom stereocenters. The van der Waals surface area contributed by atoms with Gasteiger partial charge in [-0.3, -0.25) is 4.79 Å². The van der Waals surface area contributed by atoms with E-state index in [0.29, 0.717) is 12.1 Å². The van der Waals surface area contributed by atoms with E-state index in [1.165, 1.54) is 6.07 Å². The van der Waals surface area contributed by atoms with Crippen LogP contribution in [0.25, 0.3) is 0 Å². The van der Waals surface area contributed by atoms with Crippen LogP contribution < -0.4 is 11.1 Å². The van der Waals surface area contributed by atoms with Crippen molar-refractivity contribution in [3.8, 4) is 0 Å². The second kappa shape index (κ2) is 6.76. The first-order chi connectivity index (χ1) is 11.1. The number of nitrogens with two attached hydrogens (primary N) is 1. The van der Waals surface area contributed by atoms with Gasteiger partial charge in [-0.15, -0.1) is 11.3 Å². The van der Waals surface area contributed by atoms with Crippen molar-refractivity contribution in [1.29, 1.82) is 0 Å². The highest BCUT2D eigenvalue weighted by molar-refractivity contribution is 7.09. The van der Waals surface area contributed by atoms with Crippen LogP contribution in [0.1, 0.15) is 35.5 Å². The van der Waals surface area contributed by atoms with Gasteiger partial charge in [0, 0.05) is 17.4 Å². The minimum absolute atomic E-state index is 0.110. The highest BCUT2D eigenvalue weighted by Crippen LogP contribution is 2.46. The fourth-order valence-electron chi connectivity index (χ4n) is 2.71. The first-order valence-electron chi connectivity index (χ1n) is 7.82. The topological polar surface area (TPSA) is 68.0 Å². The maximum absolute atomic E-state index is 14.0. The average Bonchev–Trinajstić information content (AvgIpc) is 3.16. The van der Waals surface area contributed by atoms with Crippen molar-refractivity contribution < 1.29 is 9.18 Å². The van der Waals surface area contributed by atoms with Gasteiger partial charge in [0.1, 0.15) is 5.82 Å². The molecule has 6 heteroatoms. The van der Waals surface area contributed by atoms with Crippen LogP contribution in [-0.4, -0.2) is 17.4 Å². The Morgan fingerprint density at radius 3 is 2.87 bits per heavy atom. The first kappa shape index (κ1) is 16.1. The van der Waals surface area contributed by atoms with Crippen LogP contribution in [0.2, 0.25) is 0 Å². The van der Waals surface area contributed by atoms with Crippen LogP contribution in [0.15, 0.2) is 29.6 Å². The molecule has 1 aliphatic carbocycles. The summed E-state index contributed by atoms with van der Waals surface area (Å²) in [6.07, 6.45) is 3.53. The zero-order valence-corrected chi connectivity index (χ0v) is 13.7. The Hall–Kier alpha value is -1.79. The molecule has 0 bridgehead atoms. The Labute approximate surface area is 138 Å². The number of rotatable bonds is 7. The van der Waals surface area contributed by atoms with Crippen molar-refractivity contribution in [2.24, 2.45) is 5.73 Å². The van der Waals surface area contributed by atoms with Gasteiger partial charge in [-0.1, -0.05) is 18.2 Å². The average molecular weight is 333 g/mol. The summed E-state index contributed by atoms with van der Waals surface area (Å²) in [6.45, 7) is 0.639. The van der Waals surface area contributed by atoms with E-state index in [1.807, 2.05) is 5.38 Å². The van der Waals surface area contributed by atoms with Gasteiger partial charge in [0.25, 0.3) is 0 Å². The zero-order chi connectivity index (χ0) is 16.3. The van der Waals surface area contributed by atoms with E-state index < -0.39 is 5.54 Å². The van der Waals surface area contributed by atoms with Gasteiger partial charge < -0.3 is 11.1 Å². The van der Waals surface area contributed by atoms with Crippen LogP contribution in [0, 0.1) is 5.82 Å². The van der Waals surface area contributed by atoms with Crippen molar-refractivity contribution in [2.45, 2.75) is 37.6 Å². The van der Waals surface area contributed by atoms with Gasteiger partial charge in [-0.2, -0.15) is 0 Å². The molecule has 3 rings (SSSR count). The molecule has 0 radical (unpaired) electrons. The van der Waals surface area contributed by atoms with Crippen molar-refractivity contribution in [3.05, 3.63) is 51.7 Å². The molecule has 0 aliphatic heterocycles. The maximum Gasteiger partial charge on any atom is 0.226 e. The summed E-state index contributed by atoms with van der Waals surface area (Å²) >= 11 is 1.56. The normalized spacial score (nSPS) is 15.4. The summed E-state index contributed by atoms with van der Waals surface area (Å²) in [5.74, 6) is -0.371. The molecule has 122 valence electrons. The van der Waals surface area contributed by atoms with Crippen molar-refractivity contribution in [1.82, 2.24) is 10.3 Å². The highest BCUT2D eigenvalue weighted by Gasteiger charge is 2.47. The maximum atomic E-state index is 14.0. The largest absolute Gasteiger partial charge is 0.346 e. The molecule has 0 spiro atoms. The Morgan fingerprint density at radius 1 is 1.39 bits per heavy atom. The Morgan fingerprint density at radius 2 is 2.17 bits per heavy atom. The van der Waals surface area contributed by atoms with E-state index in [0.717, 1.165) is 36.4 Å². The van der Waals surface area contributed by atoms with Crippen molar-refractivity contribution in [2.75, 3.05) is 6.54 Å². The minimum Gasteiger partial charge on any atom is -0.346 e. The second-order valence-corrected chi connectivity index (χ2v) is 6.85. The molecular weight excluding hydrogens is 313 g/mol. The Bertz CT molecular complexity index is 697. The third kappa shape index (κ3) is 3.76. The predicted octanol–water partition coefficient (Wildman–Crippen LogP) is 2.52. The summed E-state index contributed by atoms with van der Waals surface area (Å²) < 4.78 is 14.0.